The third-order valence-electron chi connectivity index (χ3n) is 3.99. The maximum atomic E-state index is 11.8. The minimum Gasteiger partial charge on any atom is -0.463 e. The van der Waals surface area contributed by atoms with Crippen LogP contribution >= 0.6 is 0 Å². The van der Waals surface area contributed by atoms with Crippen molar-refractivity contribution in [3.05, 3.63) is 62.9 Å². The Bertz CT molecular complexity index is 830. The van der Waals surface area contributed by atoms with E-state index in [-0.39, 0.29) is 18.7 Å². The van der Waals surface area contributed by atoms with Crippen LogP contribution in [0, 0.1) is 0 Å². The first-order chi connectivity index (χ1) is 12.1. The summed E-state index contributed by atoms with van der Waals surface area (Å²) in [6, 6.07) is 9.72. The van der Waals surface area contributed by atoms with Crippen molar-refractivity contribution >= 4 is 5.97 Å². The Labute approximate surface area is 143 Å². The van der Waals surface area contributed by atoms with E-state index in [9.17, 15) is 14.4 Å². The van der Waals surface area contributed by atoms with Gasteiger partial charge in [0.25, 0.3) is 5.56 Å². The van der Waals surface area contributed by atoms with Gasteiger partial charge in [0.2, 0.25) is 0 Å². The molecule has 1 aliphatic heterocycles. The first kappa shape index (κ1) is 17.1. The van der Waals surface area contributed by atoms with Crippen molar-refractivity contribution in [1.29, 1.82) is 0 Å². The van der Waals surface area contributed by atoms with Gasteiger partial charge in [-0.2, -0.15) is 9.78 Å². The van der Waals surface area contributed by atoms with Gasteiger partial charge in [-0.1, -0.05) is 30.3 Å². The van der Waals surface area contributed by atoms with E-state index in [1.165, 1.54) is 0 Å². The monoisotopic (exact) mass is 345 g/mol. The van der Waals surface area contributed by atoms with Crippen molar-refractivity contribution in [2.75, 3.05) is 6.61 Å². The molecule has 0 aliphatic carbocycles. The van der Waals surface area contributed by atoms with Gasteiger partial charge in [-0.3, -0.25) is 14.6 Å². The summed E-state index contributed by atoms with van der Waals surface area (Å²) in [4.78, 5) is 36.7. The summed E-state index contributed by atoms with van der Waals surface area (Å²) in [7, 11) is 0. The molecule has 0 spiro atoms. The van der Waals surface area contributed by atoms with Gasteiger partial charge in [0.1, 0.15) is 12.8 Å². The van der Waals surface area contributed by atoms with Crippen LogP contribution < -0.4 is 11.2 Å². The maximum absolute atomic E-state index is 11.8. The van der Waals surface area contributed by atoms with Crippen LogP contribution in [0.5, 0.6) is 0 Å². The Balaban J connectivity index is 1.44. The number of hydrogen-bond donors (Lipinski definition) is 1. The molecule has 0 saturated carbocycles. The number of benzene rings is 1. The first-order valence-electron chi connectivity index (χ1n) is 8.15. The minimum atomic E-state index is -0.613. The molecule has 1 aromatic carbocycles. The summed E-state index contributed by atoms with van der Waals surface area (Å²) in [6.07, 6.45) is 2.33. The Morgan fingerprint density at radius 3 is 2.84 bits per heavy atom. The number of rotatable bonds is 6. The molecule has 8 nitrogen and oxygen atoms in total. The summed E-state index contributed by atoms with van der Waals surface area (Å²) in [6.45, 7) is 0.141. The average molecular weight is 345 g/mol. The third kappa shape index (κ3) is 4.63. The van der Waals surface area contributed by atoms with E-state index in [0.717, 1.165) is 16.4 Å². The van der Waals surface area contributed by atoms with Crippen LogP contribution in [-0.2, 0) is 20.7 Å². The van der Waals surface area contributed by atoms with Gasteiger partial charge >= 0.3 is 11.7 Å². The highest BCUT2D eigenvalue weighted by atomic mass is 16.6. The number of aromatic amines is 1. The Morgan fingerprint density at radius 2 is 2.08 bits per heavy atom. The van der Waals surface area contributed by atoms with E-state index in [2.05, 4.69) is 10.1 Å². The second kappa shape index (κ2) is 7.89. The predicted octanol–water partition coefficient (Wildman–Crippen LogP) is 0.785. The predicted molar refractivity (Wildman–Crippen MR) is 88.0 cm³/mol. The zero-order valence-electron chi connectivity index (χ0n) is 13.6. The smallest absolute Gasteiger partial charge is 0.347 e. The number of nitrogens with one attached hydrogen (secondary N) is 1. The number of H-pyrrole nitrogens is 1. The number of aryl methyl sites for hydroxylation is 1. The van der Waals surface area contributed by atoms with E-state index in [1.807, 2.05) is 30.3 Å². The molecule has 1 saturated heterocycles. The molecule has 1 fully saturated rings. The molecule has 2 aromatic rings. The van der Waals surface area contributed by atoms with Crippen LogP contribution in [-0.4, -0.2) is 33.4 Å². The number of carbonyl (C=O) groups excluding carboxylic acids is 1. The number of esters is 1. The van der Waals surface area contributed by atoms with Crippen molar-refractivity contribution in [1.82, 2.24) is 14.8 Å². The van der Waals surface area contributed by atoms with Gasteiger partial charge < -0.3 is 9.47 Å². The molecule has 2 unspecified atom stereocenters. The Morgan fingerprint density at radius 1 is 1.28 bits per heavy atom. The van der Waals surface area contributed by atoms with Crippen LogP contribution in [0.1, 0.15) is 31.1 Å². The molecule has 132 valence electrons. The minimum absolute atomic E-state index is 0.141. The number of ether oxygens (including phenoxy) is 2. The van der Waals surface area contributed by atoms with Crippen LogP contribution in [0.4, 0.5) is 0 Å². The highest BCUT2D eigenvalue weighted by molar-refractivity contribution is 5.69. The van der Waals surface area contributed by atoms with E-state index in [0.29, 0.717) is 25.7 Å². The van der Waals surface area contributed by atoms with Crippen LogP contribution in [0.15, 0.2) is 46.1 Å². The summed E-state index contributed by atoms with van der Waals surface area (Å²) in [5.41, 5.74) is -0.0821. The average Bonchev–Trinajstić information content (AvgIpc) is 3.08. The number of hydrogen-bond acceptors (Lipinski definition) is 6. The van der Waals surface area contributed by atoms with E-state index >= 15 is 0 Å². The fraction of sp³-hybridized carbons (Fsp3) is 0.412. The molecule has 0 radical (unpaired) electrons. The lowest BCUT2D eigenvalue weighted by Gasteiger charge is -2.14. The van der Waals surface area contributed by atoms with Gasteiger partial charge in [-0.15, -0.1) is 0 Å². The summed E-state index contributed by atoms with van der Waals surface area (Å²) < 4.78 is 12.0. The molecule has 8 heteroatoms. The highest BCUT2D eigenvalue weighted by Gasteiger charge is 2.29. The zero-order chi connectivity index (χ0) is 17.6. The quantitative estimate of drug-likeness (QED) is 0.776. The van der Waals surface area contributed by atoms with Gasteiger partial charge in [-0.05, 0) is 24.8 Å². The molecule has 1 aromatic heterocycles. The lowest BCUT2D eigenvalue weighted by Crippen LogP contribution is -2.34. The fourth-order valence-corrected chi connectivity index (χ4v) is 2.71. The van der Waals surface area contributed by atoms with Crippen molar-refractivity contribution in [2.24, 2.45) is 0 Å². The lowest BCUT2D eigenvalue weighted by atomic mass is 10.1. The molecular weight excluding hydrogens is 326 g/mol. The standard InChI is InChI=1S/C17H19N3O5/c21-14-10-18-20(17(23)19-14)15-8-7-13(25-15)11-24-16(22)9-6-12-4-2-1-3-5-12/h1-5,10,13,15H,6-9,11H2,(H,19,21,23). The van der Waals surface area contributed by atoms with Gasteiger partial charge in [0, 0.05) is 6.42 Å². The summed E-state index contributed by atoms with van der Waals surface area (Å²) in [5.74, 6) is -0.282. The highest BCUT2D eigenvalue weighted by Crippen LogP contribution is 2.26. The Kier molecular flexibility index (Phi) is 5.39. The van der Waals surface area contributed by atoms with Gasteiger partial charge in [0.15, 0.2) is 6.23 Å². The van der Waals surface area contributed by atoms with Crippen LogP contribution in [0.2, 0.25) is 0 Å². The first-order valence-corrected chi connectivity index (χ1v) is 8.15. The maximum Gasteiger partial charge on any atom is 0.347 e. The number of carbonyl (C=O) groups is 1. The molecule has 25 heavy (non-hydrogen) atoms. The summed E-state index contributed by atoms with van der Waals surface area (Å²) in [5, 5.41) is 3.78. The number of aromatic nitrogens is 3. The summed E-state index contributed by atoms with van der Waals surface area (Å²) >= 11 is 0. The van der Waals surface area contributed by atoms with Gasteiger partial charge in [0.05, 0.1) is 6.10 Å². The van der Waals surface area contributed by atoms with Crippen molar-refractivity contribution in [3.63, 3.8) is 0 Å². The van der Waals surface area contributed by atoms with Crippen molar-refractivity contribution < 1.29 is 14.3 Å². The molecule has 2 heterocycles. The van der Waals surface area contributed by atoms with E-state index in [1.54, 1.807) is 0 Å². The largest absolute Gasteiger partial charge is 0.463 e. The molecular formula is C17H19N3O5. The second-order valence-electron chi connectivity index (χ2n) is 5.84. The normalized spacial score (nSPS) is 19.7. The zero-order valence-corrected chi connectivity index (χ0v) is 13.6. The van der Waals surface area contributed by atoms with E-state index < -0.39 is 17.5 Å². The molecule has 1 aliphatic rings. The molecule has 0 amide bonds. The lowest BCUT2D eigenvalue weighted by molar-refractivity contribution is -0.148. The third-order valence-corrected chi connectivity index (χ3v) is 3.99. The topological polar surface area (TPSA) is 103 Å². The van der Waals surface area contributed by atoms with E-state index in [4.69, 9.17) is 9.47 Å². The molecule has 1 N–H and O–H groups in total. The fourth-order valence-electron chi connectivity index (χ4n) is 2.71. The van der Waals surface area contributed by atoms with Crippen molar-refractivity contribution in [2.45, 2.75) is 38.0 Å². The number of nitrogens with zero attached hydrogens (tertiary/aromatic N) is 2. The van der Waals surface area contributed by atoms with Crippen molar-refractivity contribution in [3.8, 4) is 0 Å². The molecule has 0 bridgehead atoms. The molecule has 3 rings (SSSR count). The second-order valence-corrected chi connectivity index (χ2v) is 5.84. The Hall–Kier alpha value is -2.74. The van der Waals surface area contributed by atoms with Gasteiger partial charge in [-0.25, -0.2) is 4.79 Å². The molecule has 2 atom stereocenters. The van der Waals surface area contributed by atoms with Crippen LogP contribution in [0.3, 0.4) is 0 Å². The SMILES string of the molecule is O=C(CCc1ccccc1)OCC1CCC(n2ncc(=O)[nH]c2=O)O1. The van der Waals surface area contributed by atoms with Crippen LogP contribution in [0.25, 0.3) is 0 Å².